The molecule has 0 aliphatic heterocycles. The zero-order valence-electron chi connectivity index (χ0n) is 18.9. The van der Waals surface area contributed by atoms with Crippen LogP contribution in [0.1, 0.15) is 40.7 Å². The molecular formula is C27H24N2O4S. The highest BCUT2D eigenvalue weighted by molar-refractivity contribution is 7.90. The number of carbonyl (C=O) groups excluding carboxylic acids is 1. The van der Waals surface area contributed by atoms with Crippen LogP contribution >= 0.6 is 0 Å². The summed E-state index contributed by atoms with van der Waals surface area (Å²) in [4.78, 5) is 18.8. The molecule has 1 unspecified atom stereocenters. The van der Waals surface area contributed by atoms with Gasteiger partial charge in [0.1, 0.15) is 5.76 Å². The van der Waals surface area contributed by atoms with Gasteiger partial charge in [-0.15, -0.1) is 0 Å². The first-order valence-corrected chi connectivity index (χ1v) is 13.0. The summed E-state index contributed by atoms with van der Waals surface area (Å²) in [7, 11) is -3.39. The number of para-hydroxylation sites is 1. The van der Waals surface area contributed by atoms with Crippen LogP contribution in [0.15, 0.2) is 76.2 Å². The minimum Gasteiger partial charge on any atom is -0.465 e. The van der Waals surface area contributed by atoms with Gasteiger partial charge in [-0.1, -0.05) is 31.2 Å². The molecule has 34 heavy (non-hydrogen) atoms. The molecule has 0 bridgehead atoms. The van der Waals surface area contributed by atoms with Crippen LogP contribution in [0.2, 0.25) is 0 Å². The number of fused-ring (bicyclic) bond motifs is 2. The minimum atomic E-state index is -3.39. The maximum Gasteiger partial charge on any atom is 0.256 e. The van der Waals surface area contributed by atoms with Gasteiger partial charge < -0.3 is 9.73 Å². The fourth-order valence-electron chi connectivity index (χ4n) is 4.54. The lowest BCUT2D eigenvalue weighted by molar-refractivity contribution is 0.102. The summed E-state index contributed by atoms with van der Waals surface area (Å²) in [6, 6.07) is 17.6. The molecule has 2 heterocycles. The highest BCUT2D eigenvalue weighted by Gasteiger charge is 2.28. The van der Waals surface area contributed by atoms with Crippen molar-refractivity contribution in [2.24, 2.45) is 5.92 Å². The number of rotatable bonds is 4. The van der Waals surface area contributed by atoms with E-state index in [2.05, 4.69) is 12.2 Å². The second-order valence-corrected chi connectivity index (χ2v) is 10.8. The number of anilines is 1. The van der Waals surface area contributed by atoms with Gasteiger partial charge in [0.05, 0.1) is 27.9 Å². The molecular weight excluding hydrogens is 448 g/mol. The van der Waals surface area contributed by atoms with Gasteiger partial charge in [0.15, 0.2) is 9.84 Å². The zero-order chi connectivity index (χ0) is 23.9. The second-order valence-electron chi connectivity index (χ2n) is 8.78. The van der Waals surface area contributed by atoms with Crippen molar-refractivity contribution in [2.45, 2.75) is 24.7 Å². The number of nitrogens with zero attached hydrogens (tertiary/aromatic N) is 1. The normalized spacial score (nSPS) is 17.0. The predicted octanol–water partition coefficient (Wildman–Crippen LogP) is 5.61. The lowest BCUT2D eigenvalue weighted by Crippen LogP contribution is -2.21. The number of aromatic nitrogens is 1. The summed E-state index contributed by atoms with van der Waals surface area (Å²) in [5.41, 5.74) is 4.47. The minimum absolute atomic E-state index is 0.157. The van der Waals surface area contributed by atoms with Crippen molar-refractivity contribution in [1.82, 2.24) is 4.98 Å². The number of amides is 1. The predicted molar refractivity (Wildman–Crippen MR) is 133 cm³/mol. The van der Waals surface area contributed by atoms with E-state index in [-0.39, 0.29) is 10.8 Å². The molecule has 0 fully saturated rings. The summed E-state index contributed by atoms with van der Waals surface area (Å²) in [6.07, 6.45) is 6.32. The van der Waals surface area contributed by atoms with Crippen LogP contribution in [0.5, 0.6) is 0 Å². The number of benzene rings is 2. The Morgan fingerprint density at radius 3 is 2.68 bits per heavy atom. The van der Waals surface area contributed by atoms with Gasteiger partial charge >= 0.3 is 0 Å². The molecule has 0 spiro atoms. The van der Waals surface area contributed by atoms with Gasteiger partial charge in [-0.05, 0) is 72.4 Å². The average molecular weight is 473 g/mol. The number of carbonyl (C=O) groups is 1. The largest absolute Gasteiger partial charge is 0.465 e. The van der Waals surface area contributed by atoms with E-state index in [9.17, 15) is 13.2 Å². The Labute approximate surface area is 198 Å². The van der Waals surface area contributed by atoms with E-state index in [1.807, 2.05) is 42.5 Å². The topological polar surface area (TPSA) is 89.3 Å². The summed E-state index contributed by atoms with van der Waals surface area (Å²) < 4.78 is 29.5. The number of hydrogen-bond donors (Lipinski definition) is 1. The Morgan fingerprint density at radius 1 is 1.09 bits per heavy atom. The molecule has 0 saturated carbocycles. The van der Waals surface area contributed by atoms with Crippen LogP contribution in [0.25, 0.3) is 22.6 Å². The van der Waals surface area contributed by atoms with Crippen LogP contribution in [0, 0.1) is 5.92 Å². The molecule has 1 aliphatic carbocycles. The molecule has 7 heteroatoms. The molecule has 1 aliphatic rings. The molecule has 1 atom stereocenters. The van der Waals surface area contributed by atoms with Crippen LogP contribution in [-0.2, 0) is 16.3 Å². The third-order valence-corrected chi connectivity index (χ3v) is 7.14. The van der Waals surface area contributed by atoms with Crippen molar-refractivity contribution < 1.29 is 17.6 Å². The van der Waals surface area contributed by atoms with E-state index in [0.717, 1.165) is 52.6 Å². The third kappa shape index (κ3) is 4.26. The highest BCUT2D eigenvalue weighted by Crippen LogP contribution is 2.38. The molecule has 5 rings (SSSR count). The van der Waals surface area contributed by atoms with Gasteiger partial charge in [-0.2, -0.15) is 0 Å². The number of allylic oxidation sites excluding steroid dienone is 1. The van der Waals surface area contributed by atoms with Gasteiger partial charge in [-0.25, -0.2) is 13.4 Å². The first-order valence-electron chi connectivity index (χ1n) is 11.1. The van der Waals surface area contributed by atoms with Crippen molar-refractivity contribution in [2.75, 3.05) is 11.6 Å². The fourth-order valence-corrected chi connectivity index (χ4v) is 5.21. The van der Waals surface area contributed by atoms with E-state index < -0.39 is 9.84 Å². The monoisotopic (exact) mass is 472 g/mol. The molecule has 1 amide bonds. The molecule has 1 N–H and O–H groups in total. The number of nitrogens with one attached hydrogen (secondary N) is 1. The van der Waals surface area contributed by atoms with E-state index in [1.54, 1.807) is 18.4 Å². The average Bonchev–Trinajstić information content (AvgIpc) is 3.30. The van der Waals surface area contributed by atoms with Crippen LogP contribution in [0.3, 0.4) is 0 Å². The summed E-state index contributed by atoms with van der Waals surface area (Å²) in [5, 5.41) is 3.69. The summed E-state index contributed by atoms with van der Waals surface area (Å²) in [5.74, 6) is 0.775. The first kappa shape index (κ1) is 22.1. The standard InChI is InChI=1S/C27H24N2O4S/c1-17-13-18(15-20-8-6-12-33-20)26-23(14-17)25(22-10-3-4-11-24(22)29-26)27(30)28-19-7-5-9-21(16-19)34(2,31)32/h3-12,15-17H,13-14H2,1-2H3,(H,28,30)/b18-15+. The van der Waals surface area contributed by atoms with Crippen molar-refractivity contribution >= 4 is 44.0 Å². The second kappa shape index (κ2) is 8.57. The fraction of sp³-hybridized carbons (Fsp3) is 0.185. The number of furan rings is 1. The molecule has 2 aromatic heterocycles. The van der Waals surface area contributed by atoms with E-state index in [0.29, 0.717) is 17.2 Å². The highest BCUT2D eigenvalue weighted by atomic mass is 32.2. The van der Waals surface area contributed by atoms with E-state index in [1.165, 1.54) is 12.1 Å². The summed E-state index contributed by atoms with van der Waals surface area (Å²) >= 11 is 0. The first-order chi connectivity index (χ1) is 16.3. The Morgan fingerprint density at radius 2 is 1.91 bits per heavy atom. The lowest BCUT2D eigenvalue weighted by Gasteiger charge is -2.26. The molecule has 6 nitrogen and oxygen atoms in total. The van der Waals surface area contributed by atoms with Crippen molar-refractivity contribution in [3.05, 3.63) is 89.5 Å². The summed E-state index contributed by atoms with van der Waals surface area (Å²) in [6.45, 7) is 2.16. The van der Waals surface area contributed by atoms with Crippen molar-refractivity contribution in [1.29, 1.82) is 0 Å². The number of sulfone groups is 1. The van der Waals surface area contributed by atoms with Gasteiger partial charge in [0.2, 0.25) is 0 Å². The van der Waals surface area contributed by atoms with Gasteiger partial charge in [0.25, 0.3) is 5.91 Å². The number of hydrogen-bond acceptors (Lipinski definition) is 5. The van der Waals surface area contributed by atoms with Crippen molar-refractivity contribution in [3.8, 4) is 0 Å². The third-order valence-electron chi connectivity index (χ3n) is 6.03. The Hall–Kier alpha value is -3.71. The van der Waals surface area contributed by atoms with E-state index in [4.69, 9.17) is 9.40 Å². The molecule has 0 radical (unpaired) electrons. The van der Waals surface area contributed by atoms with Crippen molar-refractivity contribution in [3.63, 3.8) is 0 Å². The van der Waals surface area contributed by atoms with Crippen LogP contribution < -0.4 is 5.32 Å². The van der Waals surface area contributed by atoms with Gasteiger partial charge in [-0.3, -0.25) is 4.79 Å². The molecule has 172 valence electrons. The Bertz CT molecular complexity index is 1540. The molecule has 4 aromatic rings. The lowest BCUT2D eigenvalue weighted by atomic mass is 9.80. The quantitative estimate of drug-likeness (QED) is 0.417. The van der Waals surface area contributed by atoms with Crippen LogP contribution in [-0.4, -0.2) is 25.6 Å². The zero-order valence-corrected chi connectivity index (χ0v) is 19.7. The maximum atomic E-state index is 13.7. The smallest absolute Gasteiger partial charge is 0.256 e. The SMILES string of the molecule is CC1C/C(=C\c2ccco2)c2nc3ccccc3c(C(=O)Nc3cccc(S(C)(=O)=O)c3)c2C1. The molecule has 0 saturated heterocycles. The maximum absolute atomic E-state index is 13.7. The molecule has 2 aromatic carbocycles. The Kier molecular flexibility index (Phi) is 5.57. The van der Waals surface area contributed by atoms with Crippen LogP contribution in [0.4, 0.5) is 5.69 Å². The van der Waals surface area contributed by atoms with E-state index >= 15 is 0 Å². The number of pyridine rings is 1. The Balaban J connectivity index is 1.65. The van der Waals surface area contributed by atoms with Gasteiger partial charge in [0, 0.05) is 17.3 Å².